The van der Waals surface area contributed by atoms with E-state index < -0.39 is 5.41 Å². The number of hydrogen-bond donors (Lipinski definition) is 0. The Hall–Kier alpha value is -1.06. The molecule has 1 aliphatic carbocycles. The Kier molecular flexibility index (Phi) is 10.0. The summed E-state index contributed by atoms with van der Waals surface area (Å²) in [4.78, 5) is 25.9. The molecule has 1 fully saturated rings. The smallest absolute Gasteiger partial charge is 0.323 e. The molecular formula is C20H36O4. The van der Waals surface area contributed by atoms with Gasteiger partial charge in [0.15, 0.2) is 5.41 Å². The monoisotopic (exact) mass is 340 g/mol. The van der Waals surface area contributed by atoms with Gasteiger partial charge in [-0.3, -0.25) is 9.59 Å². The summed E-state index contributed by atoms with van der Waals surface area (Å²) in [6.45, 7) is 6.38. The summed E-state index contributed by atoms with van der Waals surface area (Å²) in [6, 6.07) is 0. The first kappa shape index (κ1) is 21.0. The minimum Gasteiger partial charge on any atom is -0.465 e. The van der Waals surface area contributed by atoms with Gasteiger partial charge in [-0.1, -0.05) is 58.3 Å². The second-order valence-electron chi connectivity index (χ2n) is 6.91. The summed E-state index contributed by atoms with van der Waals surface area (Å²) in [7, 11) is 0. The maximum Gasteiger partial charge on any atom is 0.323 e. The van der Waals surface area contributed by atoms with Crippen LogP contribution in [0.2, 0.25) is 0 Å². The number of ether oxygens (including phenoxy) is 2. The van der Waals surface area contributed by atoms with Gasteiger partial charge in [-0.2, -0.15) is 0 Å². The van der Waals surface area contributed by atoms with E-state index in [1.165, 1.54) is 12.8 Å². The lowest BCUT2D eigenvalue weighted by Gasteiger charge is -2.36. The molecule has 1 aliphatic rings. The van der Waals surface area contributed by atoms with Crippen LogP contribution in [0.5, 0.6) is 0 Å². The fourth-order valence-corrected chi connectivity index (χ4v) is 3.95. The van der Waals surface area contributed by atoms with Crippen molar-refractivity contribution < 1.29 is 19.1 Å². The van der Waals surface area contributed by atoms with Crippen molar-refractivity contribution in [3.63, 3.8) is 0 Å². The molecule has 0 spiro atoms. The molecule has 0 aromatic rings. The number of hydrogen-bond acceptors (Lipinski definition) is 4. The van der Waals surface area contributed by atoms with E-state index in [-0.39, 0.29) is 17.9 Å². The Morgan fingerprint density at radius 2 is 1.38 bits per heavy atom. The van der Waals surface area contributed by atoms with Crippen molar-refractivity contribution in [2.45, 2.75) is 91.4 Å². The van der Waals surface area contributed by atoms with E-state index in [9.17, 15) is 9.59 Å². The van der Waals surface area contributed by atoms with Crippen molar-refractivity contribution in [1.82, 2.24) is 0 Å². The largest absolute Gasteiger partial charge is 0.465 e. The van der Waals surface area contributed by atoms with Crippen LogP contribution in [0.25, 0.3) is 0 Å². The molecule has 4 heteroatoms. The molecule has 1 rings (SSSR count). The molecular weight excluding hydrogens is 304 g/mol. The van der Waals surface area contributed by atoms with Gasteiger partial charge in [-0.25, -0.2) is 0 Å². The zero-order chi connectivity index (χ0) is 17.8. The van der Waals surface area contributed by atoms with Gasteiger partial charge in [0.25, 0.3) is 0 Å². The second kappa shape index (κ2) is 11.5. The maximum absolute atomic E-state index is 12.9. The van der Waals surface area contributed by atoms with Crippen LogP contribution in [0.4, 0.5) is 0 Å². The SMILES string of the molecule is CCCCCCC(C(=O)OCC)(C(=O)OCC)C1CCCCCC1. The predicted octanol–water partition coefficient (Wildman–Crippen LogP) is 5.04. The Bertz CT molecular complexity index is 352. The fourth-order valence-electron chi connectivity index (χ4n) is 3.95. The average Bonchev–Trinajstić information content (AvgIpc) is 2.85. The van der Waals surface area contributed by atoms with Crippen LogP contribution in [0.15, 0.2) is 0 Å². The highest BCUT2D eigenvalue weighted by atomic mass is 16.6. The van der Waals surface area contributed by atoms with Crippen LogP contribution in [-0.2, 0) is 19.1 Å². The Balaban J connectivity index is 3.08. The molecule has 24 heavy (non-hydrogen) atoms. The van der Waals surface area contributed by atoms with Crippen molar-refractivity contribution >= 4 is 11.9 Å². The van der Waals surface area contributed by atoms with Crippen molar-refractivity contribution in [3.8, 4) is 0 Å². The molecule has 0 bridgehead atoms. The lowest BCUT2D eigenvalue weighted by molar-refractivity contribution is -0.178. The van der Waals surface area contributed by atoms with Crippen molar-refractivity contribution in [2.75, 3.05) is 13.2 Å². The first-order valence-electron chi connectivity index (χ1n) is 9.97. The Morgan fingerprint density at radius 3 is 1.83 bits per heavy atom. The van der Waals surface area contributed by atoms with E-state index in [2.05, 4.69) is 6.92 Å². The molecule has 0 amide bonds. The van der Waals surface area contributed by atoms with Crippen molar-refractivity contribution in [2.24, 2.45) is 11.3 Å². The maximum atomic E-state index is 12.9. The number of rotatable bonds is 10. The molecule has 1 saturated carbocycles. The third-order valence-electron chi connectivity index (χ3n) is 5.26. The molecule has 0 aliphatic heterocycles. The Morgan fingerprint density at radius 1 is 0.833 bits per heavy atom. The molecule has 0 aromatic carbocycles. The van der Waals surface area contributed by atoms with E-state index in [4.69, 9.17) is 9.47 Å². The minimum absolute atomic E-state index is 0.0553. The highest BCUT2D eigenvalue weighted by molar-refractivity contribution is 6.00. The highest BCUT2D eigenvalue weighted by Gasteiger charge is 2.53. The van der Waals surface area contributed by atoms with Crippen LogP contribution in [0.1, 0.15) is 91.4 Å². The number of unbranched alkanes of at least 4 members (excludes halogenated alkanes) is 3. The van der Waals surface area contributed by atoms with Gasteiger partial charge in [0, 0.05) is 0 Å². The molecule has 0 heterocycles. The van der Waals surface area contributed by atoms with Gasteiger partial charge in [0.2, 0.25) is 0 Å². The second-order valence-corrected chi connectivity index (χ2v) is 6.91. The summed E-state index contributed by atoms with van der Waals surface area (Å²) in [5.74, 6) is -0.654. The first-order chi connectivity index (χ1) is 11.6. The number of carbonyl (C=O) groups excluding carboxylic acids is 2. The van der Waals surface area contributed by atoms with E-state index in [0.717, 1.165) is 51.4 Å². The van der Waals surface area contributed by atoms with E-state index in [1.54, 1.807) is 13.8 Å². The molecule has 4 nitrogen and oxygen atoms in total. The van der Waals surface area contributed by atoms with Gasteiger partial charge in [-0.15, -0.1) is 0 Å². The van der Waals surface area contributed by atoms with Crippen LogP contribution in [0, 0.1) is 11.3 Å². The topological polar surface area (TPSA) is 52.6 Å². The summed E-state index contributed by atoms with van der Waals surface area (Å²) in [6.07, 6.45) is 11.1. The van der Waals surface area contributed by atoms with Gasteiger partial charge in [-0.05, 0) is 39.0 Å². The molecule has 0 unspecified atom stereocenters. The van der Waals surface area contributed by atoms with E-state index in [0.29, 0.717) is 19.6 Å². The average molecular weight is 341 g/mol. The fraction of sp³-hybridized carbons (Fsp3) is 0.900. The Labute approximate surface area is 147 Å². The van der Waals surface area contributed by atoms with Gasteiger partial charge in [0.1, 0.15) is 0 Å². The van der Waals surface area contributed by atoms with Crippen molar-refractivity contribution in [3.05, 3.63) is 0 Å². The summed E-state index contributed by atoms with van der Waals surface area (Å²) >= 11 is 0. The number of carbonyl (C=O) groups is 2. The summed E-state index contributed by atoms with van der Waals surface area (Å²) in [5, 5.41) is 0. The van der Waals surface area contributed by atoms with Gasteiger partial charge >= 0.3 is 11.9 Å². The minimum atomic E-state index is -1.09. The molecule has 0 aromatic heterocycles. The highest BCUT2D eigenvalue weighted by Crippen LogP contribution is 2.44. The molecule has 140 valence electrons. The lowest BCUT2D eigenvalue weighted by Crippen LogP contribution is -2.48. The lowest BCUT2D eigenvalue weighted by atomic mass is 9.68. The summed E-state index contributed by atoms with van der Waals surface area (Å²) < 4.78 is 10.8. The van der Waals surface area contributed by atoms with Crippen LogP contribution in [-0.4, -0.2) is 25.2 Å². The molecule has 0 N–H and O–H groups in total. The van der Waals surface area contributed by atoms with Crippen LogP contribution < -0.4 is 0 Å². The van der Waals surface area contributed by atoms with E-state index >= 15 is 0 Å². The predicted molar refractivity (Wildman–Crippen MR) is 95.7 cm³/mol. The van der Waals surface area contributed by atoms with E-state index in [1.807, 2.05) is 0 Å². The first-order valence-corrected chi connectivity index (χ1v) is 9.97. The molecule has 0 radical (unpaired) electrons. The standard InChI is InChI=1S/C20H36O4/c1-4-7-8-13-16-20(18(21)23-5-2,19(22)24-6-3)17-14-11-9-10-12-15-17/h17H,4-16H2,1-3H3. The zero-order valence-corrected chi connectivity index (χ0v) is 15.9. The molecule has 0 saturated heterocycles. The summed E-state index contributed by atoms with van der Waals surface area (Å²) in [5.41, 5.74) is -1.09. The van der Waals surface area contributed by atoms with Crippen molar-refractivity contribution in [1.29, 1.82) is 0 Å². The van der Waals surface area contributed by atoms with Gasteiger partial charge < -0.3 is 9.47 Å². The third kappa shape index (κ3) is 5.49. The zero-order valence-electron chi connectivity index (χ0n) is 15.9. The third-order valence-corrected chi connectivity index (χ3v) is 5.26. The normalized spacial score (nSPS) is 16.5. The van der Waals surface area contributed by atoms with Crippen LogP contribution in [0.3, 0.4) is 0 Å². The number of esters is 2. The quantitative estimate of drug-likeness (QED) is 0.242. The van der Waals surface area contributed by atoms with Crippen LogP contribution >= 0.6 is 0 Å². The van der Waals surface area contributed by atoms with Gasteiger partial charge in [0.05, 0.1) is 13.2 Å². The molecule has 0 atom stereocenters.